The number of ether oxygens (including phenoxy) is 1. The number of imidazole rings is 2. The molecule has 4 heterocycles. The summed E-state index contributed by atoms with van der Waals surface area (Å²) < 4.78 is 48.7. The zero-order chi connectivity index (χ0) is 29.0. The molecule has 1 fully saturated rings. The van der Waals surface area contributed by atoms with Crippen molar-refractivity contribution in [1.29, 1.82) is 0 Å². The first-order chi connectivity index (χ1) is 18.9. The minimum absolute atomic E-state index is 0.0365. The molecule has 12 heteroatoms. The topological polar surface area (TPSA) is 81.2 Å². The normalized spacial score (nSPS) is 16.9. The molecule has 0 amide bonds. The molecule has 1 aliphatic heterocycles. The highest BCUT2D eigenvalue weighted by atomic mass is 35.5. The maximum atomic E-state index is 13.2. The minimum Gasteiger partial charge on any atom is -0.481 e. The number of alkyl halides is 3. The molecule has 0 radical (unpaired) electrons. The highest BCUT2D eigenvalue weighted by Gasteiger charge is 2.42. The van der Waals surface area contributed by atoms with Gasteiger partial charge in [0, 0.05) is 43.5 Å². The van der Waals surface area contributed by atoms with Gasteiger partial charge in [-0.2, -0.15) is 13.2 Å². The summed E-state index contributed by atoms with van der Waals surface area (Å²) in [6.45, 7) is 4.64. The number of hydrogen-bond donors (Lipinski definition) is 1. The Labute approximate surface area is 235 Å². The Bertz CT molecular complexity index is 1510. The first-order valence-corrected chi connectivity index (χ1v) is 13.4. The summed E-state index contributed by atoms with van der Waals surface area (Å²) in [6.07, 6.45) is -0.779. The van der Waals surface area contributed by atoms with E-state index in [2.05, 4.69) is 15.0 Å². The van der Waals surface area contributed by atoms with Gasteiger partial charge in [0.25, 0.3) is 0 Å². The molecule has 0 aliphatic carbocycles. The molecular weight excluding hydrogens is 545 g/mol. The summed E-state index contributed by atoms with van der Waals surface area (Å²) >= 11 is 6.98. The van der Waals surface area contributed by atoms with Crippen molar-refractivity contribution in [2.24, 2.45) is 20.0 Å². The van der Waals surface area contributed by atoms with Gasteiger partial charge in [-0.1, -0.05) is 17.7 Å². The Morgan fingerprint density at radius 3 is 2.33 bits per heavy atom. The van der Waals surface area contributed by atoms with E-state index in [9.17, 15) is 18.3 Å². The van der Waals surface area contributed by atoms with Gasteiger partial charge < -0.3 is 19.0 Å². The van der Waals surface area contributed by atoms with Crippen molar-refractivity contribution >= 4 is 22.5 Å². The Hall–Kier alpha value is -3.15. The van der Waals surface area contributed by atoms with Crippen LogP contribution < -0.4 is 4.74 Å². The van der Waals surface area contributed by atoms with E-state index >= 15 is 0 Å². The van der Waals surface area contributed by atoms with Crippen LogP contribution in [0, 0.1) is 19.8 Å². The molecule has 214 valence electrons. The van der Waals surface area contributed by atoms with Crippen LogP contribution in [0.4, 0.5) is 13.2 Å². The van der Waals surface area contributed by atoms with E-state index in [-0.39, 0.29) is 12.8 Å². The SMILES string of the molecule is COc1nc2ccc(C(O)(c3cnc(C)n3C)c3ncc(C)n3C)cc2c(Cl)c1CN1CCC(C(F)(F)F)CC1. The zero-order valence-corrected chi connectivity index (χ0v) is 23.8. The molecule has 1 unspecified atom stereocenters. The predicted octanol–water partition coefficient (Wildman–Crippen LogP) is 5.04. The molecule has 1 N–H and O–H groups in total. The fraction of sp³-hybridized carbons (Fsp3) is 0.464. The Morgan fingerprint density at radius 1 is 1.07 bits per heavy atom. The summed E-state index contributed by atoms with van der Waals surface area (Å²) in [5.41, 5.74) is 1.40. The van der Waals surface area contributed by atoms with Crippen molar-refractivity contribution in [2.75, 3.05) is 20.2 Å². The van der Waals surface area contributed by atoms with Crippen molar-refractivity contribution in [3.8, 4) is 5.88 Å². The van der Waals surface area contributed by atoms with Gasteiger partial charge in [0.15, 0.2) is 11.4 Å². The molecule has 0 saturated carbocycles. The van der Waals surface area contributed by atoms with Gasteiger partial charge in [-0.25, -0.2) is 15.0 Å². The van der Waals surface area contributed by atoms with E-state index in [0.717, 1.165) is 11.5 Å². The van der Waals surface area contributed by atoms with Crippen molar-refractivity contribution in [1.82, 2.24) is 29.0 Å². The number of rotatable bonds is 6. The molecule has 5 rings (SSSR count). The lowest BCUT2D eigenvalue weighted by atomic mass is 9.88. The maximum absolute atomic E-state index is 13.2. The monoisotopic (exact) mass is 576 g/mol. The summed E-state index contributed by atoms with van der Waals surface area (Å²) in [5, 5.41) is 13.4. The number of aliphatic hydroxyl groups is 1. The molecule has 0 spiro atoms. The number of pyridine rings is 1. The minimum atomic E-state index is -4.18. The van der Waals surface area contributed by atoms with Crippen LogP contribution >= 0.6 is 11.6 Å². The molecule has 0 bridgehead atoms. The van der Waals surface area contributed by atoms with E-state index in [1.807, 2.05) is 42.0 Å². The standard InChI is InChI=1S/C28H32ClF3N6O2/c1-16-13-34-26(36(16)3)27(39,23-14-33-17(2)37(23)4)19-6-7-22-20(12-19)24(29)21(25(35-22)40-5)15-38-10-8-18(9-11-38)28(30,31)32/h6-7,12-14,18,39H,8-11,15H2,1-5H3. The third-order valence-electron chi connectivity index (χ3n) is 8.16. The Kier molecular flexibility index (Phi) is 7.35. The second-order valence-electron chi connectivity index (χ2n) is 10.5. The first kappa shape index (κ1) is 28.4. The average molecular weight is 577 g/mol. The number of methoxy groups -OCH3 is 1. The number of likely N-dealkylation sites (tertiary alicyclic amines) is 1. The van der Waals surface area contributed by atoms with Gasteiger partial charge in [-0.15, -0.1) is 0 Å². The summed E-state index contributed by atoms with van der Waals surface area (Å²) in [7, 11) is 5.16. The van der Waals surface area contributed by atoms with E-state index in [4.69, 9.17) is 16.3 Å². The third kappa shape index (κ3) is 4.73. The largest absolute Gasteiger partial charge is 0.481 e. The fourth-order valence-electron chi connectivity index (χ4n) is 5.48. The van der Waals surface area contributed by atoms with Crippen molar-refractivity contribution in [2.45, 2.75) is 45.0 Å². The lowest BCUT2D eigenvalue weighted by Gasteiger charge is -2.33. The van der Waals surface area contributed by atoms with Crippen molar-refractivity contribution in [3.63, 3.8) is 0 Å². The van der Waals surface area contributed by atoms with Crippen LogP contribution in [0.5, 0.6) is 5.88 Å². The molecule has 1 saturated heterocycles. The summed E-state index contributed by atoms with van der Waals surface area (Å²) in [4.78, 5) is 15.6. The first-order valence-electron chi connectivity index (χ1n) is 13.0. The van der Waals surface area contributed by atoms with Crippen LogP contribution in [-0.2, 0) is 26.2 Å². The van der Waals surface area contributed by atoms with Crippen LogP contribution in [0.15, 0.2) is 30.6 Å². The van der Waals surface area contributed by atoms with Gasteiger partial charge in [0.05, 0.1) is 35.5 Å². The lowest BCUT2D eigenvalue weighted by molar-refractivity contribution is -0.185. The van der Waals surface area contributed by atoms with Gasteiger partial charge in [0.1, 0.15) is 5.82 Å². The summed E-state index contributed by atoms with van der Waals surface area (Å²) in [5.74, 6) is 0.167. The molecule has 4 aromatic rings. The smallest absolute Gasteiger partial charge is 0.391 e. The van der Waals surface area contributed by atoms with Crippen LogP contribution in [0.3, 0.4) is 0 Å². The lowest BCUT2D eigenvalue weighted by Crippen LogP contribution is -2.38. The van der Waals surface area contributed by atoms with E-state index in [0.29, 0.717) is 64.1 Å². The molecule has 3 aromatic heterocycles. The van der Waals surface area contributed by atoms with Crippen molar-refractivity contribution < 1.29 is 23.0 Å². The number of aromatic nitrogens is 5. The highest BCUT2D eigenvalue weighted by Crippen LogP contribution is 2.41. The molecule has 40 heavy (non-hydrogen) atoms. The number of aryl methyl sites for hydroxylation is 2. The number of nitrogens with zero attached hydrogens (tertiary/aromatic N) is 6. The number of benzene rings is 1. The summed E-state index contributed by atoms with van der Waals surface area (Å²) in [6, 6.07) is 5.33. The molecular formula is C28H32ClF3N6O2. The quantitative estimate of drug-likeness (QED) is 0.346. The number of halogens is 4. The Morgan fingerprint density at radius 2 is 1.77 bits per heavy atom. The van der Waals surface area contributed by atoms with Crippen molar-refractivity contribution in [3.05, 3.63) is 69.8 Å². The molecule has 8 nitrogen and oxygen atoms in total. The van der Waals surface area contributed by atoms with E-state index < -0.39 is 17.7 Å². The second-order valence-corrected chi connectivity index (χ2v) is 10.9. The number of fused-ring (bicyclic) bond motifs is 1. The van der Waals surface area contributed by atoms with E-state index in [1.54, 1.807) is 30.6 Å². The van der Waals surface area contributed by atoms with Gasteiger partial charge in [-0.3, -0.25) is 4.90 Å². The number of piperidine rings is 1. The third-order valence-corrected chi connectivity index (χ3v) is 8.59. The number of hydrogen-bond acceptors (Lipinski definition) is 6. The van der Waals surface area contributed by atoms with Crippen LogP contribution in [0.1, 0.15) is 47.0 Å². The molecule has 1 aliphatic rings. The van der Waals surface area contributed by atoms with Gasteiger partial charge >= 0.3 is 6.18 Å². The fourth-order valence-corrected chi connectivity index (χ4v) is 5.77. The van der Waals surface area contributed by atoms with Crippen LogP contribution in [-0.4, -0.2) is 60.5 Å². The van der Waals surface area contributed by atoms with Crippen LogP contribution in [0.25, 0.3) is 10.9 Å². The maximum Gasteiger partial charge on any atom is 0.391 e. The molecule has 1 atom stereocenters. The zero-order valence-electron chi connectivity index (χ0n) is 23.1. The van der Waals surface area contributed by atoms with Gasteiger partial charge in [0.2, 0.25) is 5.88 Å². The van der Waals surface area contributed by atoms with Gasteiger partial charge in [-0.05, 0) is 57.5 Å². The van der Waals surface area contributed by atoms with E-state index in [1.165, 1.54) is 7.11 Å². The Balaban J connectivity index is 1.60. The highest BCUT2D eigenvalue weighted by molar-refractivity contribution is 6.36. The average Bonchev–Trinajstić information content (AvgIpc) is 3.45. The second kappa shape index (κ2) is 10.4. The van der Waals surface area contributed by atoms with Crippen LogP contribution in [0.2, 0.25) is 5.02 Å². The molecule has 1 aromatic carbocycles. The predicted molar refractivity (Wildman–Crippen MR) is 145 cm³/mol.